The Hall–Kier alpha value is -2.32. The first-order valence-electron chi connectivity index (χ1n) is 8.82. The van der Waals surface area contributed by atoms with Crippen molar-refractivity contribution in [3.8, 4) is 6.07 Å². The first-order chi connectivity index (χ1) is 12.4. The second-order valence-electron chi connectivity index (χ2n) is 6.61. The van der Waals surface area contributed by atoms with Crippen LogP contribution in [0.5, 0.6) is 0 Å². The van der Waals surface area contributed by atoms with E-state index in [1.54, 1.807) is 6.07 Å². The van der Waals surface area contributed by atoms with Crippen molar-refractivity contribution >= 4 is 23.4 Å². The SMILES string of the molecule is CCC(Sc1nc(C(C)C)ccc1C#N)C(=O)Nc1cccc(C)c1C. The summed E-state index contributed by atoms with van der Waals surface area (Å²) < 4.78 is 0. The third-order valence-corrected chi connectivity index (χ3v) is 5.74. The summed E-state index contributed by atoms with van der Waals surface area (Å²) in [6, 6.07) is 11.7. The number of thioether (sulfide) groups is 1. The third-order valence-electron chi connectivity index (χ3n) is 4.37. The van der Waals surface area contributed by atoms with Gasteiger partial charge in [-0.1, -0.05) is 44.7 Å². The summed E-state index contributed by atoms with van der Waals surface area (Å²) in [4.78, 5) is 17.4. The Morgan fingerprint density at radius 1 is 1.27 bits per heavy atom. The Kier molecular flexibility index (Phi) is 6.82. The van der Waals surface area contributed by atoms with Gasteiger partial charge in [-0.05, 0) is 55.5 Å². The largest absolute Gasteiger partial charge is 0.325 e. The van der Waals surface area contributed by atoms with Gasteiger partial charge in [0, 0.05) is 11.4 Å². The molecule has 1 amide bonds. The van der Waals surface area contributed by atoms with Crippen molar-refractivity contribution in [1.82, 2.24) is 4.98 Å². The Bertz CT molecular complexity index is 840. The predicted molar refractivity (Wildman–Crippen MR) is 108 cm³/mol. The number of nitrogens with zero attached hydrogens (tertiary/aromatic N) is 2. The van der Waals surface area contributed by atoms with Gasteiger partial charge in [0.15, 0.2) is 0 Å². The number of aromatic nitrogens is 1. The molecule has 0 bridgehead atoms. The number of nitrogens with one attached hydrogen (secondary N) is 1. The third kappa shape index (κ3) is 4.64. The molecule has 1 atom stereocenters. The molecule has 2 rings (SSSR count). The minimum absolute atomic E-state index is 0.0631. The minimum Gasteiger partial charge on any atom is -0.325 e. The van der Waals surface area contributed by atoms with Crippen LogP contribution in [0.1, 0.15) is 55.5 Å². The highest BCUT2D eigenvalue weighted by Crippen LogP contribution is 2.30. The van der Waals surface area contributed by atoms with E-state index in [1.807, 2.05) is 45.0 Å². The number of amides is 1. The van der Waals surface area contributed by atoms with Crippen molar-refractivity contribution in [1.29, 1.82) is 5.26 Å². The predicted octanol–water partition coefficient (Wildman–Crippen LogP) is 5.20. The number of carbonyl (C=O) groups is 1. The van der Waals surface area contributed by atoms with Crippen LogP contribution in [-0.2, 0) is 4.79 Å². The molecule has 136 valence electrons. The van der Waals surface area contributed by atoms with Gasteiger partial charge in [-0.15, -0.1) is 0 Å². The average Bonchev–Trinajstić information content (AvgIpc) is 2.63. The summed E-state index contributed by atoms with van der Waals surface area (Å²) in [6.07, 6.45) is 0.653. The van der Waals surface area contributed by atoms with Gasteiger partial charge < -0.3 is 5.32 Å². The number of pyridine rings is 1. The van der Waals surface area contributed by atoms with Crippen molar-refractivity contribution in [2.24, 2.45) is 0 Å². The molecule has 1 unspecified atom stereocenters. The molecule has 2 aromatic rings. The second kappa shape index (κ2) is 8.86. The van der Waals surface area contributed by atoms with Crippen LogP contribution >= 0.6 is 11.8 Å². The van der Waals surface area contributed by atoms with Crippen LogP contribution in [-0.4, -0.2) is 16.1 Å². The van der Waals surface area contributed by atoms with Crippen LogP contribution in [0.25, 0.3) is 0 Å². The number of hydrogen-bond acceptors (Lipinski definition) is 4. The van der Waals surface area contributed by atoms with Gasteiger partial charge in [-0.25, -0.2) is 4.98 Å². The fourth-order valence-electron chi connectivity index (χ4n) is 2.51. The quantitative estimate of drug-likeness (QED) is 0.712. The van der Waals surface area contributed by atoms with Crippen LogP contribution in [0, 0.1) is 25.2 Å². The highest BCUT2D eigenvalue weighted by molar-refractivity contribution is 8.00. The molecule has 26 heavy (non-hydrogen) atoms. The Balaban J connectivity index is 2.23. The molecular weight excluding hydrogens is 342 g/mol. The Labute approximate surface area is 160 Å². The van der Waals surface area contributed by atoms with E-state index in [0.717, 1.165) is 22.5 Å². The number of hydrogen-bond donors (Lipinski definition) is 1. The van der Waals surface area contributed by atoms with E-state index < -0.39 is 0 Å². The van der Waals surface area contributed by atoms with Gasteiger partial charge in [-0.3, -0.25) is 4.79 Å². The fourth-order valence-corrected chi connectivity index (χ4v) is 3.51. The molecule has 4 nitrogen and oxygen atoms in total. The van der Waals surface area contributed by atoms with E-state index >= 15 is 0 Å². The van der Waals surface area contributed by atoms with E-state index in [4.69, 9.17) is 0 Å². The lowest BCUT2D eigenvalue weighted by Crippen LogP contribution is -2.25. The second-order valence-corrected chi connectivity index (χ2v) is 7.80. The summed E-state index contributed by atoms with van der Waals surface area (Å²) in [5, 5.41) is 12.7. The van der Waals surface area contributed by atoms with E-state index in [0.29, 0.717) is 17.0 Å². The summed E-state index contributed by atoms with van der Waals surface area (Å²) in [7, 11) is 0. The van der Waals surface area contributed by atoms with Crippen LogP contribution in [0.4, 0.5) is 5.69 Å². The normalized spacial score (nSPS) is 11.9. The van der Waals surface area contributed by atoms with E-state index in [1.165, 1.54) is 11.8 Å². The van der Waals surface area contributed by atoms with E-state index in [2.05, 4.69) is 30.2 Å². The first kappa shape index (κ1) is 20.0. The maximum absolute atomic E-state index is 12.8. The maximum Gasteiger partial charge on any atom is 0.237 e. The molecule has 0 radical (unpaired) electrons. The lowest BCUT2D eigenvalue weighted by atomic mass is 10.1. The fraction of sp³-hybridized carbons (Fsp3) is 0.381. The number of aryl methyl sites for hydroxylation is 1. The molecule has 1 aromatic heterocycles. The maximum atomic E-state index is 12.8. The lowest BCUT2D eigenvalue weighted by Gasteiger charge is -2.17. The molecule has 0 fully saturated rings. The number of carbonyl (C=O) groups excluding carboxylic acids is 1. The Morgan fingerprint density at radius 2 is 2.00 bits per heavy atom. The van der Waals surface area contributed by atoms with E-state index in [-0.39, 0.29) is 17.1 Å². The van der Waals surface area contributed by atoms with Gasteiger partial charge in [-0.2, -0.15) is 5.26 Å². The number of anilines is 1. The summed E-state index contributed by atoms with van der Waals surface area (Å²) >= 11 is 1.36. The number of benzene rings is 1. The number of rotatable bonds is 6. The molecule has 0 spiro atoms. The molecule has 5 heteroatoms. The summed E-state index contributed by atoms with van der Waals surface area (Å²) in [6.45, 7) is 10.1. The van der Waals surface area contributed by atoms with Crippen LogP contribution in [0.2, 0.25) is 0 Å². The van der Waals surface area contributed by atoms with Crippen molar-refractivity contribution in [3.05, 3.63) is 52.7 Å². The van der Waals surface area contributed by atoms with Gasteiger partial charge >= 0.3 is 0 Å². The standard InChI is InChI=1S/C21H25N3OS/c1-6-19(20(25)23-18-9-7-8-14(4)15(18)5)26-21-16(12-22)10-11-17(24-21)13(2)3/h7-11,13,19H,6H2,1-5H3,(H,23,25). The van der Waals surface area contributed by atoms with Gasteiger partial charge in [0.2, 0.25) is 5.91 Å². The molecule has 0 aliphatic rings. The van der Waals surface area contributed by atoms with Gasteiger partial charge in [0.1, 0.15) is 11.1 Å². The molecular formula is C21H25N3OS. The van der Waals surface area contributed by atoms with Crippen molar-refractivity contribution in [3.63, 3.8) is 0 Å². The molecule has 1 aromatic carbocycles. The molecule has 1 heterocycles. The van der Waals surface area contributed by atoms with Gasteiger partial charge in [0.25, 0.3) is 0 Å². The van der Waals surface area contributed by atoms with Crippen molar-refractivity contribution in [2.75, 3.05) is 5.32 Å². The molecule has 0 saturated carbocycles. The molecule has 1 N–H and O–H groups in total. The zero-order valence-corrected chi connectivity index (χ0v) is 16.8. The minimum atomic E-state index is -0.308. The Morgan fingerprint density at radius 3 is 2.62 bits per heavy atom. The zero-order chi connectivity index (χ0) is 19.3. The highest BCUT2D eigenvalue weighted by Gasteiger charge is 2.21. The summed E-state index contributed by atoms with van der Waals surface area (Å²) in [5.41, 5.74) is 4.48. The van der Waals surface area contributed by atoms with Crippen LogP contribution in [0.3, 0.4) is 0 Å². The zero-order valence-electron chi connectivity index (χ0n) is 16.0. The smallest absolute Gasteiger partial charge is 0.237 e. The molecule has 0 aliphatic heterocycles. The lowest BCUT2D eigenvalue weighted by molar-refractivity contribution is -0.115. The monoisotopic (exact) mass is 367 g/mol. The highest BCUT2D eigenvalue weighted by atomic mass is 32.2. The molecule has 0 saturated heterocycles. The van der Waals surface area contributed by atoms with Crippen LogP contribution < -0.4 is 5.32 Å². The topological polar surface area (TPSA) is 65.8 Å². The first-order valence-corrected chi connectivity index (χ1v) is 9.70. The van der Waals surface area contributed by atoms with E-state index in [9.17, 15) is 10.1 Å². The van der Waals surface area contributed by atoms with Crippen molar-refractivity contribution < 1.29 is 4.79 Å². The number of nitriles is 1. The average molecular weight is 368 g/mol. The van der Waals surface area contributed by atoms with Crippen molar-refractivity contribution in [2.45, 2.75) is 57.2 Å². The van der Waals surface area contributed by atoms with Gasteiger partial charge in [0.05, 0.1) is 10.8 Å². The van der Waals surface area contributed by atoms with Crippen LogP contribution in [0.15, 0.2) is 35.4 Å². The summed E-state index contributed by atoms with van der Waals surface area (Å²) in [5.74, 6) is 0.206. The molecule has 0 aliphatic carbocycles.